The summed E-state index contributed by atoms with van der Waals surface area (Å²) >= 11 is 0. The van der Waals surface area contributed by atoms with Crippen LogP contribution in [0.1, 0.15) is 22.6 Å². The van der Waals surface area contributed by atoms with Crippen molar-refractivity contribution in [2.75, 3.05) is 20.2 Å². The number of carbonyl (C=O) groups excluding carboxylic acids is 1. The summed E-state index contributed by atoms with van der Waals surface area (Å²) in [5.41, 5.74) is 1.57. The predicted molar refractivity (Wildman–Crippen MR) is 100 cm³/mol. The molecule has 0 radical (unpaired) electrons. The lowest BCUT2D eigenvalue weighted by Crippen LogP contribution is -2.29. The zero-order chi connectivity index (χ0) is 18.6. The van der Waals surface area contributed by atoms with Gasteiger partial charge in [-0.25, -0.2) is 0 Å². The third-order valence-corrected chi connectivity index (χ3v) is 4.85. The van der Waals surface area contributed by atoms with Crippen molar-refractivity contribution in [1.29, 1.82) is 0 Å². The summed E-state index contributed by atoms with van der Waals surface area (Å²) in [5, 5.41) is 4.10. The van der Waals surface area contributed by atoms with E-state index in [-0.39, 0.29) is 5.91 Å². The van der Waals surface area contributed by atoms with Crippen LogP contribution in [0.2, 0.25) is 0 Å². The molecule has 1 saturated heterocycles. The molecule has 2 heterocycles. The number of carbonyl (C=O) groups is 1. The Hall–Kier alpha value is -3.15. The van der Waals surface area contributed by atoms with Crippen molar-refractivity contribution in [3.63, 3.8) is 0 Å². The van der Waals surface area contributed by atoms with E-state index in [4.69, 9.17) is 9.26 Å². The van der Waals surface area contributed by atoms with Gasteiger partial charge in [0, 0.05) is 30.6 Å². The summed E-state index contributed by atoms with van der Waals surface area (Å²) in [4.78, 5) is 19.1. The molecular formula is C21H21N3O3. The van der Waals surface area contributed by atoms with Crippen LogP contribution in [0.3, 0.4) is 0 Å². The van der Waals surface area contributed by atoms with E-state index in [2.05, 4.69) is 10.1 Å². The third-order valence-electron chi connectivity index (χ3n) is 4.85. The SMILES string of the molecule is COc1cccc(C(=O)N2CCC(Cc3noc(-c4ccccc4)n3)C2)c1. The smallest absolute Gasteiger partial charge is 0.257 e. The first kappa shape index (κ1) is 17.3. The van der Waals surface area contributed by atoms with Crippen LogP contribution >= 0.6 is 0 Å². The van der Waals surface area contributed by atoms with Gasteiger partial charge in [0.1, 0.15) is 5.75 Å². The lowest BCUT2D eigenvalue weighted by Gasteiger charge is -2.16. The van der Waals surface area contributed by atoms with E-state index < -0.39 is 0 Å². The van der Waals surface area contributed by atoms with Crippen molar-refractivity contribution in [2.45, 2.75) is 12.8 Å². The molecule has 6 nitrogen and oxygen atoms in total. The summed E-state index contributed by atoms with van der Waals surface area (Å²) in [6, 6.07) is 17.0. The van der Waals surface area contributed by atoms with Gasteiger partial charge in [-0.05, 0) is 42.7 Å². The Balaban J connectivity index is 1.38. The first-order valence-corrected chi connectivity index (χ1v) is 9.04. The van der Waals surface area contributed by atoms with Gasteiger partial charge in [0.2, 0.25) is 0 Å². The third kappa shape index (κ3) is 3.84. The van der Waals surface area contributed by atoms with Crippen LogP contribution in [0.15, 0.2) is 59.1 Å². The number of rotatable bonds is 5. The van der Waals surface area contributed by atoms with Gasteiger partial charge in [-0.2, -0.15) is 4.98 Å². The summed E-state index contributed by atoms with van der Waals surface area (Å²) in [5.74, 6) is 2.29. The van der Waals surface area contributed by atoms with Gasteiger partial charge in [-0.3, -0.25) is 4.79 Å². The highest BCUT2D eigenvalue weighted by Crippen LogP contribution is 2.24. The number of aromatic nitrogens is 2. The second-order valence-corrected chi connectivity index (χ2v) is 6.72. The molecule has 0 aliphatic carbocycles. The molecule has 138 valence electrons. The first-order chi connectivity index (χ1) is 13.2. The molecule has 0 N–H and O–H groups in total. The fourth-order valence-corrected chi connectivity index (χ4v) is 3.42. The predicted octanol–water partition coefficient (Wildman–Crippen LogP) is 3.45. The average Bonchev–Trinajstić information content (AvgIpc) is 3.38. The van der Waals surface area contributed by atoms with E-state index in [0.717, 1.165) is 18.5 Å². The average molecular weight is 363 g/mol. The maximum Gasteiger partial charge on any atom is 0.257 e. The normalized spacial score (nSPS) is 16.5. The van der Waals surface area contributed by atoms with E-state index in [1.807, 2.05) is 53.4 Å². The van der Waals surface area contributed by atoms with Crippen LogP contribution in [-0.4, -0.2) is 41.1 Å². The minimum atomic E-state index is 0.0366. The monoisotopic (exact) mass is 363 g/mol. The van der Waals surface area contributed by atoms with Crippen molar-refractivity contribution in [2.24, 2.45) is 5.92 Å². The maximum absolute atomic E-state index is 12.7. The van der Waals surface area contributed by atoms with Crippen LogP contribution in [0.25, 0.3) is 11.5 Å². The fraction of sp³-hybridized carbons (Fsp3) is 0.286. The summed E-state index contributed by atoms with van der Waals surface area (Å²) < 4.78 is 10.6. The number of hydrogen-bond acceptors (Lipinski definition) is 5. The van der Waals surface area contributed by atoms with Gasteiger partial charge < -0.3 is 14.2 Å². The van der Waals surface area contributed by atoms with Gasteiger partial charge in [0.05, 0.1) is 7.11 Å². The zero-order valence-corrected chi connectivity index (χ0v) is 15.2. The molecule has 6 heteroatoms. The second-order valence-electron chi connectivity index (χ2n) is 6.72. The van der Waals surface area contributed by atoms with E-state index in [9.17, 15) is 4.79 Å². The molecule has 0 spiro atoms. The standard InChI is InChI=1S/C21H21N3O3/c1-26-18-9-5-8-17(13-18)21(25)24-11-10-15(14-24)12-19-22-20(27-23-19)16-6-3-2-4-7-16/h2-9,13,15H,10-12,14H2,1H3. The van der Waals surface area contributed by atoms with Crippen molar-refractivity contribution in [1.82, 2.24) is 15.0 Å². The summed E-state index contributed by atoms with van der Waals surface area (Å²) in [7, 11) is 1.60. The number of methoxy groups -OCH3 is 1. The molecule has 0 saturated carbocycles. The van der Waals surface area contributed by atoms with Gasteiger partial charge in [0.15, 0.2) is 5.82 Å². The molecule has 1 aromatic heterocycles. The van der Waals surface area contributed by atoms with Gasteiger partial charge in [-0.15, -0.1) is 0 Å². The fourth-order valence-electron chi connectivity index (χ4n) is 3.42. The Kier molecular flexibility index (Phi) is 4.87. The van der Waals surface area contributed by atoms with Gasteiger partial charge in [0.25, 0.3) is 11.8 Å². The highest BCUT2D eigenvalue weighted by atomic mass is 16.5. The Bertz CT molecular complexity index is 923. The van der Waals surface area contributed by atoms with Crippen molar-refractivity contribution >= 4 is 5.91 Å². The van der Waals surface area contributed by atoms with Crippen molar-refractivity contribution in [3.8, 4) is 17.2 Å². The number of hydrogen-bond donors (Lipinski definition) is 0. The lowest BCUT2D eigenvalue weighted by molar-refractivity contribution is 0.0786. The Morgan fingerprint density at radius 1 is 1.22 bits per heavy atom. The quantitative estimate of drug-likeness (QED) is 0.694. The zero-order valence-electron chi connectivity index (χ0n) is 15.2. The summed E-state index contributed by atoms with van der Waals surface area (Å²) in [6.45, 7) is 1.44. The number of ether oxygens (including phenoxy) is 1. The molecule has 3 aromatic rings. The van der Waals surface area contributed by atoms with E-state index in [1.165, 1.54) is 0 Å². The minimum absolute atomic E-state index is 0.0366. The van der Waals surface area contributed by atoms with Crippen LogP contribution in [-0.2, 0) is 6.42 Å². The van der Waals surface area contributed by atoms with Crippen LogP contribution in [0.4, 0.5) is 0 Å². The Morgan fingerprint density at radius 3 is 2.89 bits per heavy atom. The van der Waals surface area contributed by atoms with E-state index in [1.54, 1.807) is 13.2 Å². The van der Waals surface area contributed by atoms with E-state index in [0.29, 0.717) is 41.9 Å². The molecule has 1 atom stereocenters. The molecule has 2 aromatic carbocycles. The molecule has 1 unspecified atom stereocenters. The van der Waals surface area contributed by atoms with Crippen molar-refractivity contribution in [3.05, 3.63) is 66.0 Å². The molecule has 0 bridgehead atoms. The molecule has 4 rings (SSSR count). The molecule has 1 aliphatic heterocycles. The van der Waals surface area contributed by atoms with Crippen LogP contribution in [0, 0.1) is 5.92 Å². The first-order valence-electron chi connectivity index (χ1n) is 9.04. The lowest BCUT2D eigenvalue weighted by atomic mass is 10.0. The van der Waals surface area contributed by atoms with E-state index >= 15 is 0 Å². The Labute approximate surface area is 157 Å². The Morgan fingerprint density at radius 2 is 2.07 bits per heavy atom. The number of likely N-dealkylation sites (tertiary alicyclic amines) is 1. The molecule has 1 aliphatic rings. The maximum atomic E-state index is 12.7. The van der Waals surface area contributed by atoms with Crippen LogP contribution in [0.5, 0.6) is 5.75 Å². The molecular weight excluding hydrogens is 342 g/mol. The molecule has 27 heavy (non-hydrogen) atoms. The molecule has 1 amide bonds. The van der Waals surface area contributed by atoms with Gasteiger partial charge >= 0.3 is 0 Å². The topological polar surface area (TPSA) is 68.5 Å². The van der Waals surface area contributed by atoms with Crippen molar-refractivity contribution < 1.29 is 14.1 Å². The number of nitrogens with zero attached hydrogens (tertiary/aromatic N) is 3. The highest BCUT2D eigenvalue weighted by Gasteiger charge is 2.28. The minimum Gasteiger partial charge on any atom is -0.497 e. The largest absolute Gasteiger partial charge is 0.497 e. The van der Waals surface area contributed by atoms with Crippen LogP contribution < -0.4 is 4.74 Å². The summed E-state index contributed by atoms with van der Waals surface area (Å²) in [6.07, 6.45) is 1.64. The number of amides is 1. The number of benzene rings is 2. The second kappa shape index (κ2) is 7.61. The van der Waals surface area contributed by atoms with Gasteiger partial charge in [-0.1, -0.05) is 29.4 Å². The molecule has 1 fully saturated rings. The highest BCUT2D eigenvalue weighted by molar-refractivity contribution is 5.94.